The number of benzene rings is 1. The molecular formula is C11H8F3NO3. The van der Waals surface area contributed by atoms with Crippen molar-refractivity contribution in [1.82, 2.24) is 0 Å². The van der Waals surface area contributed by atoms with Gasteiger partial charge in [0.25, 0.3) is 0 Å². The molecule has 1 saturated heterocycles. The molecule has 7 heteroatoms. The highest BCUT2D eigenvalue weighted by atomic mass is 19.2. The van der Waals surface area contributed by atoms with Crippen molar-refractivity contribution in [3.8, 4) is 0 Å². The van der Waals surface area contributed by atoms with Gasteiger partial charge in [-0.1, -0.05) is 0 Å². The van der Waals surface area contributed by atoms with E-state index in [1.54, 1.807) is 0 Å². The minimum absolute atomic E-state index is 0.180. The zero-order chi connectivity index (χ0) is 13.4. The van der Waals surface area contributed by atoms with Gasteiger partial charge >= 0.3 is 5.97 Å². The lowest BCUT2D eigenvalue weighted by atomic mass is 10.1. The molecule has 0 unspecified atom stereocenters. The van der Waals surface area contributed by atoms with Crippen molar-refractivity contribution in [1.29, 1.82) is 0 Å². The van der Waals surface area contributed by atoms with E-state index in [9.17, 15) is 22.8 Å². The topological polar surface area (TPSA) is 57.6 Å². The van der Waals surface area contributed by atoms with Gasteiger partial charge in [-0.25, -0.2) is 13.2 Å². The number of aliphatic carboxylic acids is 1. The number of carbonyl (C=O) groups is 2. The highest BCUT2D eigenvalue weighted by Gasteiger charge is 2.35. The van der Waals surface area contributed by atoms with Crippen LogP contribution in [0.2, 0.25) is 0 Å². The van der Waals surface area contributed by atoms with Gasteiger partial charge < -0.3 is 10.0 Å². The Hall–Kier alpha value is -2.05. The third-order valence-electron chi connectivity index (χ3n) is 2.75. The summed E-state index contributed by atoms with van der Waals surface area (Å²) < 4.78 is 38.8. The Balaban J connectivity index is 2.33. The maximum Gasteiger partial charge on any atom is 0.308 e. The first-order valence-corrected chi connectivity index (χ1v) is 5.08. The van der Waals surface area contributed by atoms with E-state index in [1.165, 1.54) is 0 Å². The smallest absolute Gasteiger partial charge is 0.308 e. The van der Waals surface area contributed by atoms with Crippen molar-refractivity contribution in [2.45, 2.75) is 6.42 Å². The number of anilines is 1. The molecule has 1 aliphatic rings. The first-order valence-electron chi connectivity index (χ1n) is 5.08. The highest BCUT2D eigenvalue weighted by Crippen LogP contribution is 2.27. The molecule has 1 aliphatic heterocycles. The number of rotatable bonds is 2. The maximum absolute atomic E-state index is 13.0. The lowest BCUT2D eigenvalue weighted by Crippen LogP contribution is -2.26. The van der Waals surface area contributed by atoms with Crippen LogP contribution in [0, 0.1) is 23.4 Å². The molecule has 18 heavy (non-hydrogen) atoms. The Labute approximate surface area is 99.6 Å². The summed E-state index contributed by atoms with van der Waals surface area (Å²) in [5.41, 5.74) is -0.180. The SMILES string of the molecule is O=C(O)[C@@H]1CC(=O)N(c2cc(F)c(F)c(F)c2)C1. The van der Waals surface area contributed by atoms with Crippen LogP contribution in [0.1, 0.15) is 6.42 Å². The molecular weight excluding hydrogens is 251 g/mol. The van der Waals surface area contributed by atoms with E-state index in [4.69, 9.17) is 5.11 Å². The first-order chi connectivity index (χ1) is 8.40. The van der Waals surface area contributed by atoms with Crippen LogP contribution >= 0.6 is 0 Å². The lowest BCUT2D eigenvalue weighted by molar-refractivity contribution is -0.141. The van der Waals surface area contributed by atoms with Crippen LogP contribution in [-0.2, 0) is 9.59 Å². The average molecular weight is 259 g/mol. The van der Waals surface area contributed by atoms with Crippen LogP contribution in [0.25, 0.3) is 0 Å². The molecule has 1 aromatic carbocycles. The van der Waals surface area contributed by atoms with Gasteiger partial charge in [0.2, 0.25) is 5.91 Å². The summed E-state index contributed by atoms with van der Waals surface area (Å²) in [6, 6.07) is 1.33. The summed E-state index contributed by atoms with van der Waals surface area (Å²) in [5, 5.41) is 8.76. The number of carboxylic acids is 1. The number of hydrogen-bond donors (Lipinski definition) is 1. The number of carbonyl (C=O) groups excluding carboxylic acids is 1. The fourth-order valence-corrected chi connectivity index (χ4v) is 1.82. The molecule has 1 heterocycles. The minimum Gasteiger partial charge on any atom is -0.481 e. The van der Waals surface area contributed by atoms with Crippen LogP contribution < -0.4 is 4.90 Å². The molecule has 1 amide bonds. The van der Waals surface area contributed by atoms with Crippen molar-refractivity contribution < 1.29 is 27.9 Å². The Morgan fingerprint density at radius 3 is 2.28 bits per heavy atom. The summed E-state index contributed by atoms with van der Waals surface area (Å²) >= 11 is 0. The van der Waals surface area contributed by atoms with Crippen molar-refractivity contribution in [2.24, 2.45) is 5.92 Å². The molecule has 0 aromatic heterocycles. The number of halogens is 3. The van der Waals surface area contributed by atoms with Crippen LogP contribution in [0.3, 0.4) is 0 Å². The highest BCUT2D eigenvalue weighted by molar-refractivity contribution is 5.99. The summed E-state index contributed by atoms with van der Waals surface area (Å²) in [6.45, 7) is -0.182. The maximum atomic E-state index is 13.0. The molecule has 0 radical (unpaired) electrons. The van der Waals surface area contributed by atoms with Gasteiger partial charge in [0.1, 0.15) is 0 Å². The molecule has 0 aliphatic carbocycles. The zero-order valence-corrected chi connectivity index (χ0v) is 8.99. The first kappa shape index (κ1) is 12.4. The average Bonchev–Trinajstić information content (AvgIpc) is 2.68. The quantitative estimate of drug-likeness (QED) is 0.819. The van der Waals surface area contributed by atoms with E-state index in [2.05, 4.69) is 0 Å². The van der Waals surface area contributed by atoms with Crippen LogP contribution in [0.4, 0.5) is 18.9 Å². The normalized spacial score (nSPS) is 19.4. The summed E-state index contributed by atoms with van der Waals surface area (Å²) in [6.07, 6.45) is -0.240. The molecule has 0 saturated carbocycles. The monoisotopic (exact) mass is 259 g/mol. The zero-order valence-electron chi connectivity index (χ0n) is 8.99. The molecule has 0 bridgehead atoms. The van der Waals surface area contributed by atoms with E-state index in [0.717, 1.165) is 4.90 Å². The number of nitrogens with zero attached hydrogens (tertiary/aromatic N) is 1. The Kier molecular flexibility index (Phi) is 2.98. The number of amides is 1. The van der Waals surface area contributed by atoms with Crippen molar-refractivity contribution in [3.63, 3.8) is 0 Å². The lowest BCUT2D eigenvalue weighted by Gasteiger charge is -2.16. The second-order valence-electron chi connectivity index (χ2n) is 3.97. The van der Waals surface area contributed by atoms with Crippen molar-refractivity contribution in [2.75, 3.05) is 11.4 Å². The molecule has 4 nitrogen and oxygen atoms in total. The minimum atomic E-state index is -1.62. The molecule has 2 rings (SSSR count). The van der Waals surface area contributed by atoms with E-state index in [-0.39, 0.29) is 18.7 Å². The van der Waals surface area contributed by atoms with E-state index in [1.807, 2.05) is 0 Å². The Morgan fingerprint density at radius 2 is 1.83 bits per heavy atom. The van der Waals surface area contributed by atoms with Gasteiger partial charge in [0, 0.05) is 30.8 Å². The van der Waals surface area contributed by atoms with Crippen molar-refractivity contribution in [3.05, 3.63) is 29.6 Å². The van der Waals surface area contributed by atoms with E-state index >= 15 is 0 Å². The summed E-state index contributed by atoms with van der Waals surface area (Å²) in [5.74, 6) is -7.11. The second-order valence-corrected chi connectivity index (χ2v) is 3.97. The fraction of sp³-hybridized carbons (Fsp3) is 0.273. The molecule has 1 atom stereocenters. The van der Waals surface area contributed by atoms with Crippen LogP contribution in [-0.4, -0.2) is 23.5 Å². The molecule has 1 fully saturated rings. The van der Waals surface area contributed by atoms with Gasteiger partial charge in [0.05, 0.1) is 5.92 Å². The largest absolute Gasteiger partial charge is 0.481 e. The fourth-order valence-electron chi connectivity index (χ4n) is 1.82. The molecule has 1 N–H and O–H groups in total. The van der Waals surface area contributed by atoms with Gasteiger partial charge in [-0.05, 0) is 0 Å². The predicted molar refractivity (Wildman–Crippen MR) is 54.4 cm³/mol. The van der Waals surface area contributed by atoms with Gasteiger partial charge in [-0.2, -0.15) is 0 Å². The van der Waals surface area contributed by atoms with Crippen molar-refractivity contribution >= 4 is 17.6 Å². The van der Waals surface area contributed by atoms with E-state index in [0.29, 0.717) is 12.1 Å². The van der Waals surface area contributed by atoms with Gasteiger partial charge in [-0.3, -0.25) is 9.59 Å². The Morgan fingerprint density at radius 1 is 1.28 bits per heavy atom. The number of carboxylic acid groups (broad SMARTS) is 1. The Bertz CT molecular complexity index is 509. The summed E-state index contributed by atoms with van der Waals surface area (Å²) in [7, 11) is 0. The third kappa shape index (κ3) is 2.03. The molecule has 96 valence electrons. The molecule has 0 spiro atoms. The second kappa shape index (κ2) is 4.32. The standard InChI is InChI=1S/C11H8F3NO3/c12-7-2-6(3-8(13)10(7)14)15-4-5(11(17)18)1-9(15)16/h2-3,5H,1,4H2,(H,17,18)/t5-/m1/s1. The van der Waals surface area contributed by atoms with E-state index < -0.39 is 35.2 Å². The summed E-state index contributed by atoms with van der Waals surface area (Å²) in [4.78, 5) is 23.2. The third-order valence-corrected chi connectivity index (χ3v) is 2.75. The van der Waals surface area contributed by atoms with Gasteiger partial charge in [0.15, 0.2) is 17.5 Å². The van der Waals surface area contributed by atoms with Crippen LogP contribution in [0.5, 0.6) is 0 Å². The van der Waals surface area contributed by atoms with Gasteiger partial charge in [-0.15, -0.1) is 0 Å². The predicted octanol–water partition coefficient (Wildman–Crippen LogP) is 1.54. The van der Waals surface area contributed by atoms with Crippen LogP contribution in [0.15, 0.2) is 12.1 Å². The number of hydrogen-bond acceptors (Lipinski definition) is 2. The molecule has 1 aromatic rings.